The van der Waals surface area contributed by atoms with Gasteiger partial charge in [0.2, 0.25) is 0 Å². The van der Waals surface area contributed by atoms with Gasteiger partial charge in [0.25, 0.3) is 5.91 Å². The molecule has 2 aromatic rings. The summed E-state index contributed by atoms with van der Waals surface area (Å²) in [7, 11) is 1.92. The summed E-state index contributed by atoms with van der Waals surface area (Å²) in [6, 6.07) is 1.61. The molecule has 112 valence electrons. The Balaban J connectivity index is 1.91. The number of nitrogens with one attached hydrogen (secondary N) is 2. The fourth-order valence-corrected chi connectivity index (χ4v) is 2.12. The van der Waals surface area contributed by atoms with Gasteiger partial charge in [0.1, 0.15) is 11.6 Å². The number of carbonyl (C=O) groups excluding carboxylic acids is 1. The monoisotopic (exact) mass is 307 g/mol. The quantitative estimate of drug-likeness (QED) is 0.854. The number of hydrogen-bond acceptors (Lipinski definition) is 4. The van der Waals surface area contributed by atoms with Crippen LogP contribution in [0.4, 0.5) is 5.82 Å². The van der Waals surface area contributed by atoms with E-state index in [9.17, 15) is 4.79 Å². The molecular formula is C14H18ClN5O. The van der Waals surface area contributed by atoms with Gasteiger partial charge in [-0.15, -0.1) is 0 Å². The first-order valence-corrected chi connectivity index (χ1v) is 7.13. The van der Waals surface area contributed by atoms with E-state index in [0.29, 0.717) is 29.4 Å². The molecule has 2 N–H and O–H groups in total. The standard InChI is InChI=1S/C14H18ClN5O/c1-3-16-13-11(15)8-10(9-19-13)14(21)18-5-4-12-17-6-7-20(12)2/h6-9H,3-5H2,1-2H3,(H,16,19)(H,18,21). The number of pyridine rings is 1. The number of halogens is 1. The summed E-state index contributed by atoms with van der Waals surface area (Å²) in [5, 5.41) is 6.29. The van der Waals surface area contributed by atoms with Gasteiger partial charge < -0.3 is 15.2 Å². The Morgan fingerprint density at radius 1 is 1.43 bits per heavy atom. The van der Waals surface area contributed by atoms with E-state index in [1.807, 2.05) is 24.7 Å². The fourth-order valence-electron chi connectivity index (χ4n) is 1.89. The van der Waals surface area contributed by atoms with Gasteiger partial charge in [-0.25, -0.2) is 9.97 Å². The van der Waals surface area contributed by atoms with Crippen molar-refractivity contribution in [2.24, 2.45) is 7.05 Å². The highest BCUT2D eigenvalue weighted by atomic mass is 35.5. The minimum atomic E-state index is -0.193. The molecule has 0 saturated carbocycles. The smallest absolute Gasteiger partial charge is 0.252 e. The third kappa shape index (κ3) is 3.95. The number of hydrogen-bond donors (Lipinski definition) is 2. The van der Waals surface area contributed by atoms with Crippen LogP contribution in [0, 0.1) is 0 Å². The first kappa shape index (κ1) is 15.3. The number of aryl methyl sites for hydroxylation is 1. The fraction of sp³-hybridized carbons (Fsp3) is 0.357. The van der Waals surface area contributed by atoms with E-state index in [1.165, 1.54) is 6.20 Å². The van der Waals surface area contributed by atoms with E-state index in [1.54, 1.807) is 12.3 Å². The Labute approximate surface area is 128 Å². The van der Waals surface area contributed by atoms with Crippen LogP contribution >= 0.6 is 11.6 Å². The SMILES string of the molecule is CCNc1ncc(C(=O)NCCc2nccn2C)cc1Cl. The lowest BCUT2D eigenvalue weighted by Gasteiger charge is -2.08. The Morgan fingerprint density at radius 3 is 2.86 bits per heavy atom. The summed E-state index contributed by atoms with van der Waals surface area (Å²) < 4.78 is 1.93. The molecule has 6 nitrogen and oxygen atoms in total. The topological polar surface area (TPSA) is 71.8 Å². The lowest BCUT2D eigenvalue weighted by molar-refractivity contribution is 0.0953. The molecular weight excluding hydrogens is 290 g/mol. The van der Waals surface area contributed by atoms with Crippen LogP contribution < -0.4 is 10.6 Å². The Hall–Kier alpha value is -2.08. The minimum absolute atomic E-state index is 0.193. The second kappa shape index (κ2) is 7.08. The molecule has 0 unspecified atom stereocenters. The largest absolute Gasteiger partial charge is 0.369 e. The number of carbonyl (C=O) groups is 1. The maximum absolute atomic E-state index is 12.0. The zero-order valence-corrected chi connectivity index (χ0v) is 12.8. The Bertz CT molecular complexity index is 626. The number of anilines is 1. The maximum atomic E-state index is 12.0. The summed E-state index contributed by atoms with van der Waals surface area (Å²) >= 11 is 6.07. The summed E-state index contributed by atoms with van der Waals surface area (Å²) in [5.41, 5.74) is 0.446. The molecule has 0 spiro atoms. The van der Waals surface area contributed by atoms with E-state index in [0.717, 1.165) is 12.4 Å². The third-order valence-corrected chi connectivity index (χ3v) is 3.29. The zero-order chi connectivity index (χ0) is 15.2. The van der Waals surface area contributed by atoms with Gasteiger partial charge in [-0.05, 0) is 13.0 Å². The first-order valence-electron chi connectivity index (χ1n) is 6.75. The molecule has 0 fully saturated rings. The molecule has 21 heavy (non-hydrogen) atoms. The van der Waals surface area contributed by atoms with Crippen molar-refractivity contribution in [1.29, 1.82) is 0 Å². The number of amides is 1. The predicted octanol–water partition coefficient (Wildman–Crippen LogP) is 1.87. The molecule has 0 aliphatic carbocycles. The maximum Gasteiger partial charge on any atom is 0.252 e. The van der Waals surface area contributed by atoms with Gasteiger partial charge in [0.05, 0.1) is 10.6 Å². The molecule has 0 saturated heterocycles. The van der Waals surface area contributed by atoms with Gasteiger partial charge >= 0.3 is 0 Å². The molecule has 2 rings (SSSR count). The van der Waals surface area contributed by atoms with Crippen LogP contribution in [0.2, 0.25) is 5.02 Å². The van der Waals surface area contributed by atoms with Crippen molar-refractivity contribution in [2.45, 2.75) is 13.3 Å². The van der Waals surface area contributed by atoms with Crippen molar-refractivity contribution in [3.8, 4) is 0 Å². The summed E-state index contributed by atoms with van der Waals surface area (Å²) in [5.74, 6) is 1.32. The van der Waals surface area contributed by atoms with Crippen LogP contribution in [0.3, 0.4) is 0 Å². The van der Waals surface area contributed by atoms with E-state index >= 15 is 0 Å². The Kier molecular flexibility index (Phi) is 5.16. The molecule has 0 radical (unpaired) electrons. The molecule has 0 aliphatic rings. The number of nitrogens with zero attached hydrogens (tertiary/aromatic N) is 3. The molecule has 2 heterocycles. The van der Waals surface area contributed by atoms with Crippen molar-refractivity contribution < 1.29 is 4.79 Å². The molecule has 2 aromatic heterocycles. The highest BCUT2D eigenvalue weighted by Crippen LogP contribution is 2.19. The third-order valence-electron chi connectivity index (χ3n) is 3.00. The normalized spacial score (nSPS) is 10.4. The van der Waals surface area contributed by atoms with E-state index in [-0.39, 0.29) is 5.91 Å². The molecule has 0 aliphatic heterocycles. The lowest BCUT2D eigenvalue weighted by atomic mass is 10.2. The van der Waals surface area contributed by atoms with Crippen LogP contribution in [0.15, 0.2) is 24.7 Å². The highest BCUT2D eigenvalue weighted by molar-refractivity contribution is 6.33. The van der Waals surface area contributed by atoms with Crippen molar-refractivity contribution in [1.82, 2.24) is 19.9 Å². The van der Waals surface area contributed by atoms with Gasteiger partial charge in [-0.2, -0.15) is 0 Å². The Morgan fingerprint density at radius 2 is 2.24 bits per heavy atom. The van der Waals surface area contributed by atoms with Crippen molar-refractivity contribution in [3.63, 3.8) is 0 Å². The molecule has 0 aromatic carbocycles. The van der Waals surface area contributed by atoms with Crippen molar-refractivity contribution in [2.75, 3.05) is 18.4 Å². The van der Waals surface area contributed by atoms with Gasteiger partial charge in [0, 0.05) is 45.1 Å². The van der Waals surface area contributed by atoms with Crippen LogP contribution in [-0.2, 0) is 13.5 Å². The van der Waals surface area contributed by atoms with Gasteiger partial charge in [-0.1, -0.05) is 11.6 Å². The summed E-state index contributed by atoms with van der Waals surface area (Å²) in [6.45, 7) is 3.19. The van der Waals surface area contributed by atoms with E-state index in [2.05, 4.69) is 20.6 Å². The summed E-state index contributed by atoms with van der Waals surface area (Å²) in [6.07, 6.45) is 5.80. The average Bonchev–Trinajstić information content (AvgIpc) is 2.87. The summed E-state index contributed by atoms with van der Waals surface area (Å²) in [4.78, 5) is 20.4. The van der Waals surface area contributed by atoms with Gasteiger partial charge in [0.15, 0.2) is 0 Å². The van der Waals surface area contributed by atoms with Crippen LogP contribution in [0.1, 0.15) is 23.1 Å². The van der Waals surface area contributed by atoms with Crippen LogP contribution in [-0.4, -0.2) is 33.5 Å². The second-order valence-corrected chi connectivity index (χ2v) is 4.95. The van der Waals surface area contributed by atoms with Crippen LogP contribution in [0.25, 0.3) is 0 Å². The van der Waals surface area contributed by atoms with Gasteiger partial charge in [-0.3, -0.25) is 4.79 Å². The van der Waals surface area contributed by atoms with E-state index in [4.69, 9.17) is 11.6 Å². The van der Waals surface area contributed by atoms with Crippen molar-refractivity contribution >= 4 is 23.3 Å². The molecule has 1 amide bonds. The molecule has 7 heteroatoms. The number of imidazole rings is 1. The van der Waals surface area contributed by atoms with Crippen LogP contribution in [0.5, 0.6) is 0 Å². The minimum Gasteiger partial charge on any atom is -0.369 e. The first-order chi connectivity index (χ1) is 10.1. The highest BCUT2D eigenvalue weighted by Gasteiger charge is 2.09. The predicted molar refractivity (Wildman–Crippen MR) is 82.7 cm³/mol. The average molecular weight is 308 g/mol. The molecule has 0 atom stereocenters. The number of rotatable bonds is 6. The van der Waals surface area contributed by atoms with Crippen molar-refractivity contribution in [3.05, 3.63) is 41.1 Å². The molecule has 0 bridgehead atoms. The van der Waals surface area contributed by atoms with E-state index < -0.39 is 0 Å². The number of aromatic nitrogens is 3. The lowest BCUT2D eigenvalue weighted by Crippen LogP contribution is -2.26. The second-order valence-electron chi connectivity index (χ2n) is 4.55. The zero-order valence-electron chi connectivity index (χ0n) is 12.1.